The van der Waals surface area contributed by atoms with E-state index < -0.39 is 0 Å². The van der Waals surface area contributed by atoms with Gasteiger partial charge in [-0.05, 0) is 16.8 Å². The first kappa shape index (κ1) is 12.5. The third-order valence-corrected chi connectivity index (χ3v) is 4.59. The van der Waals surface area contributed by atoms with E-state index >= 15 is 0 Å². The van der Waals surface area contributed by atoms with Crippen LogP contribution in [0.3, 0.4) is 0 Å². The summed E-state index contributed by atoms with van der Waals surface area (Å²) in [5.74, 6) is 2.30. The van der Waals surface area contributed by atoms with Crippen molar-refractivity contribution in [3.05, 3.63) is 72.6 Å². The third kappa shape index (κ3) is 4.82. The highest BCUT2D eigenvalue weighted by Gasteiger charge is 1.88. The second-order valence-electron chi connectivity index (χ2n) is 3.66. The van der Waals surface area contributed by atoms with Gasteiger partial charge in [0.2, 0.25) is 0 Å². The van der Waals surface area contributed by atoms with Gasteiger partial charge in [-0.25, -0.2) is 0 Å². The van der Waals surface area contributed by atoms with Gasteiger partial charge in [-0.3, -0.25) is 0 Å². The zero-order chi connectivity index (χ0) is 11.8. The minimum absolute atomic E-state index is 0.796. The van der Waals surface area contributed by atoms with Gasteiger partial charge in [0, 0.05) is 0 Å². The molecule has 0 radical (unpaired) electrons. The van der Waals surface area contributed by atoms with Gasteiger partial charge in [0.1, 0.15) is 0 Å². The molecule has 0 saturated carbocycles. The molecular weight excluding hydrogens is 242 g/mol. The Hall–Kier alpha value is -0.960. The van der Waals surface area contributed by atoms with E-state index in [-0.39, 0.29) is 0 Å². The standard InChI is InChI=1S/C15H16P2/c1-3-8-14(9-4-1)16-12-7-13-17-15-10-5-2-6-11-15/h1-12,16-17H,13H2. The molecule has 0 aromatic heterocycles. The SMILES string of the molecule is C(=CPc1ccccc1)CPc1ccccc1. The molecule has 0 aliphatic rings. The number of rotatable bonds is 5. The fourth-order valence-electron chi connectivity index (χ4n) is 1.48. The van der Waals surface area contributed by atoms with Crippen molar-refractivity contribution in [2.75, 3.05) is 6.16 Å². The lowest BCUT2D eigenvalue weighted by molar-refractivity contribution is 1.74. The van der Waals surface area contributed by atoms with Gasteiger partial charge < -0.3 is 0 Å². The molecule has 86 valence electrons. The molecule has 2 aromatic carbocycles. The van der Waals surface area contributed by atoms with E-state index in [1.807, 2.05) is 0 Å². The molecule has 17 heavy (non-hydrogen) atoms. The monoisotopic (exact) mass is 258 g/mol. The van der Waals surface area contributed by atoms with E-state index in [0.717, 1.165) is 23.3 Å². The maximum atomic E-state index is 2.30. The zero-order valence-electron chi connectivity index (χ0n) is 9.64. The minimum Gasteiger partial charge on any atom is -0.0865 e. The zero-order valence-corrected chi connectivity index (χ0v) is 11.6. The number of benzene rings is 2. The van der Waals surface area contributed by atoms with E-state index in [1.165, 1.54) is 10.6 Å². The lowest BCUT2D eigenvalue weighted by Gasteiger charge is -1.97. The summed E-state index contributed by atoms with van der Waals surface area (Å²) in [6.45, 7) is 0. The summed E-state index contributed by atoms with van der Waals surface area (Å²) in [6, 6.07) is 21.3. The molecule has 2 heteroatoms. The van der Waals surface area contributed by atoms with Gasteiger partial charge >= 0.3 is 0 Å². The molecule has 0 bridgehead atoms. The van der Waals surface area contributed by atoms with E-state index in [0.29, 0.717) is 0 Å². The Balaban J connectivity index is 1.72. The summed E-state index contributed by atoms with van der Waals surface area (Å²) in [7, 11) is 1.69. The lowest BCUT2D eigenvalue weighted by Crippen LogP contribution is -1.91. The van der Waals surface area contributed by atoms with Gasteiger partial charge in [-0.15, -0.1) is 0 Å². The number of hydrogen-bond acceptors (Lipinski definition) is 0. The van der Waals surface area contributed by atoms with Crippen LogP contribution in [0.1, 0.15) is 0 Å². The molecule has 0 aliphatic heterocycles. The molecule has 0 amide bonds. The van der Waals surface area contributed by atoms with E-state index in [9.17, 15) is 0 Å². The molecule has 0 heterocycles. The molecule has 2 atom stereocenters. The predicted octanol–water partition coefficient (Wildman–Crippen LogP) is 3.51. The van der Waals surface area contributed by atoms with E-state index in [4.69, 9.17) is 0 Å². The molecule has 0 saturated heterocycles. The highest BCUT2D eigenvalue weighted by molar-refractivity contribution is 7.50. The Kier molecular flexibility index (Phi) is 5.43. The normalized spacial score (nSPS) is 12.2. The summed E-state index contributed by atoms with van der Waals surface area (Å²) in [5, 5.41) is 2.85. The van der Waals surface area contributed by atoms with Crippen molar-refractivity contribution >= 4 is 27.8 Å². The molecule has 0 aliphatic carbocycles. The Morgan fingerprint density at radius 2 is 1.35 bits per heavy atom. The topological polar surface area (TPSA) is 0 Å². The summed E-state index contributed by atoms with van der Waals surface area (Å²) < 4.78 is 0. The van der Waals surface area contributed by atoms with E-state index in [1.54, 1.807) is 0 Å². The van der Waals surface area contributed by atoms with Crippen molar-refractivity contribution in [2.24, 2.45) is 0 Å². The maximum Gasteiger partial charge on any atom is -0.0128 e. The van der Waals surface area contributed by atoms with Crippen molar-refractivity contribution in [3.8, 4) is 0 Å². The summed E-state index contributed by atoms with van der Waals surface area (Å²) in [6.07, 6.45) is 3.46. The van der Waals surface area contributed by atoms with Crippen molar-refractivity contribution in [1.82, 2.24) is 0 Å². The fraction of sp³-hybridized carbons (Fsp3) is 0.0667. The average Bonchev–Trinajstić information content (AvgIpc) is 2.41. The van der Waals surface area contributed by atoms with Gasteiger partial charge in [-0.2, -0.15) is 0 Å². The van der Waals surface area contributed by atoms with Crippen LogP contribution in [0.25, 0.3) is 0 Å². The van der Waals surface area contributed by atoms with Crippen LogP contribution in [0.5, 0.6) is 0 Å². The van der Waals surface area contributed by atoms with Crippen LogP contribution in [0.15, 0.2) is 72.6 Å². The molecule has 0 spiro atoms. The van der Waals surface area contributed by atoms with Crippen molar-refractivity contribution in [2.45, 2.75) is 0 Å². The summed E-state index contributed by atoms with van der Waals surface area (Å²) in [5.41, 5.74) is 0. The van der Waals surface area contributed by atoms with Gasteiger partial charge in [0.15, 0.2) is 0 Å². The molecule has 2 rings (SSSR count). The second-order valence-corrected chi connectivity index (χ2v) is 6.20. The Morgan fingerprint density at radius 3 is 2.00 bits per heavy atom. The highest BCUT2D eigenvalue weighted by Crippen LogP contribution is 2.14. The molecule has 2 aromatic rings. The highest BCUT2D eigenvalue weighted by atomic mass is 31.1. The largest absolute Gasteiger partial charge is 0.0865 e. The van der Waals surface area contributed by atoms with E-state index in [2.05, 4.69) is 72.6 Å². The summed E-state index contributed by atoms with van der Waals surface area (Å²) in [4.78, 5) is 0. The predicted molar refractivity (Wildman–Crippen MR) is 82.8 cm³/mol. The average molecular weight is 258 g/mol. The van der Waals surface area contributed by atoms with Crippen molar-refractivity contribution in [1.29, 1.82) is 0 Å². The van der Waals surface area contributed by atoms with Crippen molar-refractivity contribution < 1.29 is 0 Å². The van der Waals surface area contributed by atoms with Crippen LogP contribution in [0.4, 0.5) is 0 Å². The maximum absolute atomic E-state index is 2.30. The number of allylic oxidation sites excluding steroid dienone is 1. The first-order valence-corrected chi connectivity index (χ1v) is 7.99. The van der Waals surface area contributed by atoms with Gasteiger partial charge in [0.25, 0.3) is 0 Å². The fourth-order valence-corrected chi connectivity index (χ4v) is 3.43. The number of hydrogen-bond donors (Lipinski definition) is 0. The van der Waals surface area contributed by atoms with Crippen LogP contribution in [0, 0.1) is 0 Å². The van der Waals surface area contributed by atoms with Crippen LogP contribution in [0.2, 0.25) is 0 Å². The molecule has 0 nitrogen and oxygen atoms in total. The summed E-state index contributed by atoms with van der Waals surface area (Å²) >= 11 is 0. The Labute approximate surface area is 107 Å². The van der Waals surface area contributed by atoms with Crippen LogP contribution < -0.4 is 10.6 Å². The molecule has 0 fully saturated rings. The molecule has 2 unspecified atom stereocenters. The Bertz CT molecular complexity index is 449. The Morgan fingerprint density at radius 1 is 0.765 bits per heavy atom. The first-order valence-electron chi connectivity index (χ1n) is 5.71. The van der Waals surface area contributed by atoms with Gasteiger partial charge in [0.05, 0.1) is 0 Å². The molecule has 0 N–H and O–H groups in total. The molecular formula is C15H16P2. The third-order valence-electron chi connectivity index (χ3n) is 2.34. The quantitative estimate of drug-likeness (QED) is 0.720. The van der Waals surface area contributed by atoms with Gasteiger partial charge in [-0.1, -0.05) is 89.7 Å². The van der Waals surface area contributed by atoms with Crippen LogP contribution in [-0.2, 0) is 0 Å². The van der Waals surface area contributed by atoms with Crippen LogP contribution >= 0.6 is 17.2 Å². The van der Waals surface area contributed by atoms with Crippen molar-refractivity contribution in [3.63, 3.8) is 0 Å². The first-order chi connectivity index (χ1) is 8.45. The minimum atomic E-state index is 0.796. The smallest absolute Gasteiger partial charge is 0.0128 e. The van der Waals surface area contributed by atoms with Crippen LogP contribution in [-0.4, -0.2) is 6.16 Å². The lowest BCUT2D eigenvalue weighted by atomic mass is 10.4. The second kappa shape index (κ2) is 7.38.